The molecule has 100 valence electrons. The average Bonchev–Trinajstić information content (AvgIpc) is 2.19. The zero-order valence-electron chi connectivity index (χ0n) is 11.5. The van der Waals surface area contributed by atoms with Gasteiger partial charge in [-0.1, -0.05) is 59.3 Å². The van der Waals surface area contributed by atoms with E-state index >= 15 is 0 Å². The maximum Gasteiger partial charge on any atom is 3.00 e. The smallest absolute Gasteiger partial charge is 0.854 e. The van der Waals surface area contributed by atoms with E-state index in [4.69, 9.17) is 0 Å². The summed E-state index contributed by atoms with van der Waals surface area (Å²) < 4.78 is 0. The van der Waals surface area contributed by atoms with Crippen LogP contribution in [0.25, 0.3) is 0 Å². The first kappa shape index (κ1) is 25.3. The fourth-order valence-corrected chi connectivity index (χ4v) is 0. The van der Waals surface area contributed by atoms with E-state index in [9.17, 15) is 15.3 Å². The predicted octanol–water partition coefficient (Wildman–Crippen LogP) is 0.00560. The molecule has 0 saturated carbocycles. The van der Waals surface area contributed by atoms with Crippen LogP contribution in [0.2, 0.25) is 0 Å². The van der Waals surface area contributed by atoms with Crippen molar-refractivity contribution < 1.29 is 32.4 Å². The minimum Gasteiger partial charge on any atom is -0.854 e. The summed E-state index contributed by atoms with van der Waals surface area (Å²) >= 11 is 0. The van der Waals surface area contributed by atoms with Crippen molar-refractivity contribution in [2.75, 3.05) is 19.8 Å². The Morgan fingerprint density at radius 3 is 0.625 bits per heavy atom. The number of hydrogen-bond acceptors (Lipinski definition) is 3. The normalized spacial score (nSPS) is 9.00. The molecular formula is C12H27MnO3. The van der Waals surface area contributed by atoms with Gasteiger partial charge >= 0.3 is 17.1 Å². The molecule has 0 heterocycles. The molecule has 0 radical (unpaired) electrons. The maximum absolute atomic E-state index is 9.63. The second-order valence-corrected chi connectivity index (χ2v) is 4.68. The Bertz CT molecular complexity index is 77.2. The third kappa shape index (κ3) is 63.1. The van der Waals surface area contributed by atoms with E-state index in [0.717, 1.165) is 0 Å². The Morgan fingerprint density at radius 1 is 0.562 bits per heavy atom. The summed E-state index contributed by atoms with van der Waals surface area (Å²) in [5.41, 5.74) is 0. The molecule has 0 amide bonds. The van der Waals surface area contributed by atoms with Crippen molar-refractivity contribution in [2.24, 2.45) is 17.8 Å². The average molecular weight is 274 g/mol. The third-order valence-corrected chi connectivity index (χ3v) is 1.00. The molecule has 0 spiro atoms. The van der Waals surface area contributed by atoms with Crippen molar-refractivity contribution in [3.05, 3.63) is 0 Å². The van der Waals surface area contributed by atoms with Crippen LogP contribution >= 0.6 is 0 Å². The van der Waals surface area contributed by atoms with Crippen molar-refractivity contribution in [3.8, 4) is 0 Å². The summed E-state index contributed by atoms with van der Waals surface area (Å²) in [6.45, 7) is 11.6. The molecule has 0 aliphatic rings. The van der Waals surface area contributed by atoms with Crippen molar-refractivity contribution in [3.63, 3.8) is 0 Å². The van der Waals surface area contributed by atoms with Gasteiger partial charge in [-0.15, -0.1) is 19.8 Å². The Kier molecular flexibility index (Phi) is 32.8. The molecule has 0 aliphatic heterocycles. The predicted molar refractivity (Wildman–Crippen MR) is 59.1 cm³/mol. The Morgan fingerprint density at radius 2 is 0.625 bits per heavy atom. The van der Waals surface area contributed by atoms with Gasteiger partial charge in [-0.25, -0.2) is 0 Å². The van der Waals surface area contributed by atoms with E-state index < -0.39 is 0 Å². The summed E-state index contributed by atoms with van der Waals surface area (Å²) in [4.78, 5) is 0. The minimum atomic E-state index is 0. The van der Waals surface area contributed by atoms with Crippen LogP contribution in [0.3, 0.4) is 0 Å². The van der Waals surface area contributed by atoms with Crippen LogP contribution in [0.4, 0.5) is 0 Å². The molecule has 0 atom stereocenters. The molecule has 0 aromatic rings. The van der Waals surface area contributed by atoms with Gasteiger partial charge in [0.15, 0.2) is 0 Å². The van der Waals surface area contributed by atoms with Crippen molar-refractivity contribution >= 4 is 0 Å². The molecule has 0 aromatic heterocycles. The maximum atomic E-state index is 9.63. The second-order valence-electron chi connectivity index (χ2n) is 4.68. The first-order valence-electron chi connectivity index (χ1n) is 5.55. The molecular weight excluding hydrogens is 247 g/mol. The molecule has 0 aromatic carbocycles. The van der Waals surface area contributed by atoms with Gasteiger partial charge in [-0.2, -0.15) is 0 Å². The van der Waals surface area contributed by atoms with E-state index in [-0.39, 0.29) is 36.9 Å². The van der Waals surface area contributed by atoms with Gasteiger partial charge in [0.1, 0.15) is 0 Å². The fraction of sp³-hybridized carbons (Fsp3) is 1.00. The van der Waals surface area contributed by atoms with E-state index in [2.05, 4.69) is 0 Å². The van der Waals surface area contributed by atoms with Gasteiger partial charge in [0.05, 0.1) is 0 Å². The first-order chi connectivity index (χ1) is 6.81. The monoisotopic (exact) mass is 274 g/mol. The van der Waals surface area contributed by atoms with Crippen molar-refractivity contribution in [1.82, 2.24) is 0 Å². The van der Waals surface area contributed by atoms with Crippen molar-refractivity contribution in [1.29, 1.82) is 0 Å². The minimum absolute atomic E-state index is 0. The van der Waals surface area contributed by atoms with Crippen LogP contribution in [0.5, 0.6) is 0 Å². The number of rotatable bonds is 3. The zero-order chi connectivity index (χ0) is 12.9. The molecule has 0 unspecified atom stereocenters. The summed E-state index contributed by atoms with van der Waals surface area (Å²) in [7, 11) is 0. The Hall–Kier alpha value is 0.399. The summed E-state index contributed by atoms with van der Waals surface area (Å²) in [5.74, 6) is 0.986. The molecule has 0 aliphatic carbocycles. The van der Waals surface area contributed by atoms with Crippen LogP contribution in [0.15, 0.2) is 0 Å². The third-order valence-electron chi connectivity index (χ3n) is 1.00. The van der Waals surface area contributed by atoms with Gasteiger partial charge in [0.2, 0.25) is 0 Å². The summed E-state index contributed by atoms with van der Waals surface area (Å²) in [5, 5.41) is 28.9. The quantitative estimate of drug-likeness (QED) is 0.680. The van der Waals surface area contributed by atoms with Gasteiger partial charge in [0.25, 0.3) is 0 Å². The number of hydrogen-bond donors (Lipinski definition) is 0. The molecule has 16 heavy (non-hydrogen) atoms. The largest absolute Gasteiger partial charge is 3.00 e. The summed E-state index contributed by atoms with van der Waals surface area (Å²) in [6, 6.07) is 0. The van der Waals surface area contributed by atoms with E-state index in [1.807, 2.05) is 41.5 Å². The van der Waals surface area contributed by atoms with E-state index in [1.54, 1.807) is 0 Å². The summed E-state index contributed by atoms with van der Waals surface area (Å²) in [6.07, 6.45) is 0. The SMILES string of the molecule is CC(C)C[O-].CC(C)C[O-].CC(C)C[O-].[Mn+3]. The molecule has 0 N–H and O–H groups in total. The van der Waals surface area contributed by atoms with E-state index in [1.165, 1.54) is 0 Å². The van der Waals surface area contributed by atoms with Gasteiger partial charge in [-0.05, 0) is 0 Å². The molecule has 0 saturated heterocycles. The fourth-order valence-electron chi connectivity index (χ4n) is 0. The van der Waals surface area contributed by atoms with Crippen LogP contribution in [0.1, 0.15) is 41.5 Å². The van der Waals surface area contributed by atoms with Crippen molar-refractivity contribution in [2.45, 2.75) is 41.5 Å². The molecule has 3 nitrogen and oxygen atoms in total. The Labute approximate surface area is 112 Å². The Balaban J connectivity index is -0.0000000655. The van der Waals surface area contributed by atoms with Crippen LogP contribution in [0, 0.1) is 17.8 Å². The second kappa shape index (κ2) is 20.8. The van der Waals surface area contributed by atoms with E-state index in [0.29, 0.717) is 17.8 Å². The topological polar surface area (TPSA) is 69.2 Å². The van der Waals surface area contributed by atoms with Crippen LogP contribution in [-0.2, 0) is 17.1 Å². The van der Waals surface area contributed by atoms with Crippen LogP contribution in [-0.4, -0.2) is 19.8 Å². The molecule has 0 rings (SSSR count). The van der Waals surface area contributed by atoms with Gasteiger partial charge in [-0.3, -0.25) is 0 Å². The molecule has 0 fully saturated rings. The molecule has 4 heteroatoms. The van der Waals surface area contributed by atoms with Crippen LogP contribution < -0.4 is 15.3 Å². The first-order valence-corrected chi connectivity index (χ1v) is 5.55. The van der Waals surface area contributed by atoms with Gasteiger partial charge in [0, 0.05) is 0 Å². The zero-order valence-corrected chi connectivity index (χ0v) is 12.6. The molecule has 0 bridgehead atoms. The van der Waals surface area contributed by atoms with Gasteiger partial charge < -0.3 is 15.3 Å². The standard InChI is InChI=1S/3C4H9O.Mn/c3*1-4(2)3-5;/h3*4H,3H2,1-2H3;/q3*-1;+3.